The Morgan fingerprint density at radius 1 is 1.12 bits per heavy atom. The van der Waals surface area contributed by atoms with E-state index >= 15 is 0 Å². The van der Waals surface area contributed by atoms with Gasteiger partial charge in [0.15, 0.2) is 5.65 Å². The SMILES string of the molecule is Cc1cc(Nc2cccc(Br)c2)n2c(nc3ccccc32)c1C#N.Cl. The summed E-state index contributed by atoms with van der Waals surface area (Å²) in [5.74, 6) is 0.883. The van der Waals surface area contributed by atoms with Gasteiger partial charge in [-0.25, -0.2) is 4.98 Å². The molecule has 0 aliphatic carbocycles. The van der Waals surface area contributed by atoms with Crippen LogP contribution in [0.3, 0.4) is 0 Å². The maximum atomic E-state index is 9.53. The van der Waals surface area contributed by atoms with E-state index in [2.05, 4.69) is 32.3 Å². The predicted molar refractivity (Wildman–Crippen MR) is 107 cm³/mol. The highest BCUT2D eigenvalue weighted by Gasteiger charge is 2.15. The van der Waals surface area contributed by atoms with Gasteiger partial charge in [0.1, 0.15) is 11.9 Å². The van der Waals surface area contributed by atoms with Crippen LogP contribution in [-0.2, 0) is 0 Å². The van der Waals surface area contributed by atoms with E-state index in [9.17, 15) is 5.26 Å². The van der Waals surface area contributed by atoms with E-state index in [1.165, 1.54) is 0 Å². The summed E-state index contributed by atoms with van der Waals surface area (Å²) in [5, 5.41) is 13.0. The molecule has 0 unspecified atom stereocenters. The number of nitrogens with one attached hydrogen (secondary N) is 1. The Labute approximate surface area is 159 Å². The topological polar surface area (TPSA) is 53.1 Å². The molecule has 0 saturated carbocycles. The Kier molecular flexibility index (Phi) is 4.67. The number of halogens is 2. The molecule has 4 rings (SSSR count). The van der Waals surface area contributed by atoms with Gasteiger partial charge in [0.2, 0.25) is 0 Å². The largest absolute Gasteiger partial charge is 0.341 e. The molecule has 0 aliphatic rings. The van der Waals surface area contributed by atoms with Gasteiger partial charge in [-0.1, -0.05) is 34.1 Å². The standard InChI is InChI=1S/C19H13BrN4.ClH/c1-12-9-18(22-14-6-4-5-13(20)10-14)24-17-8-3-2-7-16(17)23-19(24)15(12)11-21;/h2-10,22H,1H3;1H. The van der Waals surface area contributed by atoms with Crippen LogP contribution in [-0.4, -0.2) is 9.38 Å². The summed E-state index contributed by atoms with van der Waals surface area (Å²) in [6.07, 6.45) is 0. The number of imidazole rings is 1. The van der Waals surface area contributed by atoms with Gasteiger partial charge in [-0.15, -0.1) is 12.4 Å². The lowest BCUT2D eigenvalue weighted by molar-refractivity contribution is 1.19. The molecule has 6 heteroatoms. The van der Waals surface area contributed by atoms with Gasteiger partial charge in [0, 0.05) is 10.2 Å². The molecule has 2 aromatic carbocycles. The number of aromatic nitrogens is 2. The number of nitrogens with zero attached hydrogens (tertiary/aromatic N) is 3. The first-order valence-corrected chi connectivity index (χ1v) is 8.30. The zero-order valence-electron chi connectivity index (χ0n) is 13.3. The second kappa shape index (κ2) is 6.75. The number of hydrogen-bond donors (Lipinski definition) is 1. The molecule has 2 heterocycles. The van der Waals surface area contributed by atoms with Crippen molar-refractivity contribution in [1.82, 2.24) is 9.38 Å². The maximum absolute atomic E-state index is 9.53. The summed E-state index contributed by atoms with van der Waals surface area (Å²) < 4.78 is 3.01. The average Bonchev–Trinajstić information content (AvgIpc) is 2.94. The number of rotatable bonds is 2. The number of pyridine rings is 1. The number of nitriles is 1. The first-order valence-electron chi connectivity index (χ1n) is 7.51. The Hall–Kier alpha value is -2.55. The first-order chi connectivity index (χ1) is 11.7. The predicted octanol–water partition coefficient (Wildman–Crippen LogP) is 5.60. The minimum absolute atomic E-state index is 0. The number of benzene rings is 2. The van der Waals surface area contributed by atoms with Crippen molar-refractivity contribution in [3.63, 3.8) is 0 Å². The Balaban J connectivity index is 0.00000182. The van der Waals surface area contributed by atoms with Gasteiger partial charge >= 0.3 is 0 Å². The lowest BCUT2D eigenvalue weighted by atomic mass is 10.1. The minimum Gasteiger partial charge on any atom is -0.341 e. The third-order valence-electron chi connectivity index (χ3n) is 3.98. The monoisotopic (exact) mass is 412 g/mol. The van der Waals surface area contributed by atoms with Crippen molar-refractivity contribution in [1.29, 1.82) is 5.26 Å². The normalized spacial score (nSPS) is 10.4. The van der Waals surface area contributed by atoms with Crippen LogP contribution < -0.4 is 5.32 Å². The number of fused-ring (bicyclic) bond motifs is 3. The van der Waals surface area contributed by atoms with E-state index in [1.54, 1.807) is 0 Å². The van der Waals surface area contributed by atoms with Crippen LogP contribution in [0.4, 0.5) is 11.5 Å². The van der Waals surface area contributed by atoms with E-state index in [0.29, 0.717) is 11.2 Å². The molecule has 0 aliphatic heterocycles. The third kappa shape index (κ3) is 2.95. The summed E-state index contributed by atoms with van der Waals surface area (Å²) in [6.45, 7) is 1.93. The molecule has 124 valence electrons. The fourth-order valence-electron chi connectivity index (χ4n) is 2.90. The van der Waals surface area contributed by atoms with Gasteiger partial charge in [0.25, 0.3) is 0 Å². The van der Waals surface area contributed by atoms with Crippen molar-refractivity contribution in [2.45, 2.75) is 6.92 Å². The molecule has 25 heavy (non-hydrogen) atoms. The molecule has 1 N–H and O–H groups in total. The van der Waals surface area contributed by atoms with E-state index in [-0.39, 0.29) is 12.4 Å². The summed E-state index contributed by atoms with van der Waals surface area (Å²) in [7, 11) is 0. The van der Waals surface area contributed by atoms with Gasteiger partial charge in [-0.05, 0) is 48.9 Å². The van der Waals surface area contributed by atoms with Gasteiger partial charge in [0.05, 0.1) is 16.6 Å². The first kappa shape index (κ1) is 17.3. The summed E-state index contributed by atoms with van der Waals surface area (Å²) >= 11 is 3.49. The van der Waals surface area contributed by atoms with E-state index in [0.717, 1.165) is 32.6 Å². The van der Waals surface area contributed by atoms with Crippen LogP contribution in [0.15, 0.2) is 59.1 Å². The van der Waals surface area contributed by atoms with E-state index in [1.807, 2.05) is 65.9 Å². The molecule has 2 aromatic heterocycles. The van der Waals surface area contributed by atoms with Crippen LogP contribution in [0.2, 0.25) is 0 Å². The fourth-order valence-corrected chi connectivity index (χ4v) is 3.30. The average molecular weight is 414 g/mol. The number of anilines is 2. The van der Waals surface area contributed by atoms with Gasteiger partial charge in [-0.2, -0.15) is 5.26 Å². The Morgan fingerprint density at radius 3 is 2.68 bits per heavy atom. The van der Waals surface area contributed by atoms with Crippen molar-refractivity contribution in [2.24, 2.45) is 0 Å². The molecule has 0 saturated heterocycles. The fraction of sp³-hybridized carbons (Fsp3) is 0.0526. The van der Waals surface area contributed by atoms with Crippen LogP contribution in [0.5, 0.6) is 0 Å². The molecule has 0 fully saturated rings. The molecular formula is C19H14BrClN4. The van der Waals surface area contributed by atoms with Crippen molar-refractivity contribution in [2.75, 3.05) is 5.32 Å². The smallest absolute Gasteiger partial charge is 0.157 e. The molecular weight excluding hydrogens is 400 g/mol. The zero-order valence-corrected chi connectivity index (χ0v) is 15.7. The molecule has 0 bridgehead atoms. The van der Waals surface area contributed by atoms with Gasteiger partial charge in [-0.3, -0.25) is 4.40 Å². The minimum atomic E-state index is 0. The Bertz CT molecular complexity index is 1130. The lowest BCUT2D eigenvalue weighted by Gasteiger charge is -2.12. The van der Waals surface area contributed by atoms with Gasteiger partial charge < -0.3 is 5.32 Å². The maximum Gasteiger partial charge on any atom is 0.157 e. The molecule has 0 atom stereocenters. The summed E-state index contributed by atoms with van der Waals surface area (Å²) in [5.41, 5.74) is 4.99. The zero-order chi connectivity index (χ0) is 16.7. The number of para-hydroxylation sites is 2. The van der Waals surface area contributed by atoms with Crippen LogP contribution in [0.1, 0.15) is 11.1 Å². The van der Waals surface area contributed by atoms with Crippen molar-refractivity contribution in [3.8, 4) is 6.07 Å². The summed E-state index contributed by atoms with van der Waals surface area (Å²) in [6, 6.07) is 20.1. The number of aryl methyl sites for hydroxylation is 1. The van der Waals surface area contributed by atoms with E-state index < -0.39 is 0 Å². The van der Waals surface area contributed by atoms with Crippen molar-refractivity contribution >= 4 is 56.5 Å². The summed E-state index contributed by atoms with van der Waals surface area (Å²) in [4.78, 5) is 4.66. The van der Waals surface area contributed by atoms with Crippen LogP contribution >= 0.6 is 28.3 Å². The highest BCUT2D eigenvalue weighted by molar-refractivity contribution is 9.10. The molecule has 4 nitrogen and oxygen atoms in total. The van der Waals surface area contributed by atoms with Crippen molar-refractivity contribution in [3.05, 3.63) is 70.2 Å². The second-order valence-corrected chi connectivity index (χ2v) is 6.51. The van der Waals surface area contributed by atoms with Crippen LogP contribution in [0.25, 0.3) is 16.7 Å². The molecule has 0 amide bonds. The number of hydrogen-bond acceptors (Lipinski definition) is 3. The van der Waals surface area contributed by atoms with E-state index in [4.69, 9.17) is 0 Å². The highest BCUT2D eigenvalue weighted by atomic mass is 79.9. The molecule has 0 radical (unpaired) electrons. The lowest BCUT2D eigenvalue weighted by Crippen LogP contribution is -2.02. The third-order valence-corrected chi connectivity index (χ3v) is 4.47. The van der Waals surface area contributed by atoms with Crippen molar-refractivity contribution < 1.29 is 0 Å². The molecule has 0 spiro atoms. The molecule has 4 aromatic rings. The quantitative estimate of drug-likeness (QED) is 0.465. The van der Waals surface area contributed by atoms with Crippen LogP contribution in [0, 0.1) is 18.3 Å². The Morgan fingerprint density at radius 2 is 1.92 bits per heavy atom. The second-order valence-electron chi connectivity index (χ2n) is 5.59. The highest BCUT2D eigenvalue weighted by Crippen LogP contribution is 2.29.